The molecule has 0 aliphatic carbocycles. The van der Waals surface area contributed by atoms with Crippen LogP contribution in [0, 0.1) is 0 Å². The van der Waals surface area contributed by atoms with E-state index in [1.165, 1.54) is 0 Å². The van der Waals surface area contributed by atoms with Gasteiger partial charge in [-0.25, -0.2) is 19.5 Å². The summed E-state index contributed by atoms with van der Waals surface area (Å²) in [5, 5.41) is -1.47. The first kappa shape index (κ1) is 40.2. The van der Waals surface area contributed by atoms with E-state index < -0.39 is 47.5 Å². The Labute approximate surface area is 292 Å². The van der Waals surface area contributed by atoms with Crippen LogP contribution in [0.1, 0.15) is 94.1 Å². The summed E-state index contributed by atoms with van der Waals surface area (Å²) < 4.78 is 39.9. The minimum absolute atomic E-state index is 0.0189. The molecule has 1 aromatic carbocycles. The number of carbonyl (C=O) groups excluding carboxylic acids is 3. The van der Waals surface area contributed by atoms with Crippen molar-refractivity contribution in [2.24, 2.45) is 7.05 Å². The monoisotopic (exact) mass is 704 g/mol. The zero-order chi connectivity index (χ0) is 36.8. The van der Waals surface area contributed by atoms with Crippen LogP contribution in [0.15, 0.2) is 36.8 Å². The van der Waals surface area contributed by atoms with Crippen molar-refractivity contribution in [3.8, 4) is 11.3 Å². The fourth-order valence-electron chi connectivity index (χ4n) is 5.85. The number of esters is 1. The van der Waals surface area contributed by atoms with Gasteiger partial charge in [-0.05, 0) is 94.1 Å². The normalized spacial score (nSPS) is 20.5. The predicted molar refractivity (Wildman–Crippen MR) is 190 cm³/mol. The summed E-state index contributed by atoms with van der Waals surface area (Å²) in [5.74, 6) is -0.572. The standard InChI is InChI=1S/C36H57N4O8P/c1-12-45-49(44)22-21-39(24-27-17-13-14-18-28(27)29-23-37-26-38(29)11)25-36(49,30(41)46-33(2,3)4)19-15-16-20-40(31(42)47-34(5,6)7)32(43)48-35(8,9)10/h13-14,17-18,23,26H,12,15-16,19-22,24-25H2,1-11H3. The molecule has 2 aromatic rings. The number of ether oxygens (including phenoxy) is 3. The van der Waals surface area contributed by atoms with Gasteiger partial charge in [0.05, 0.1) is 24.8 Å². The maximum absolute atomic E-state index is 14.8. The number of benzene rings is 1. The van der Waals surface area contributed by atoms with Crippen LogP contribution in [0.4, 0.5) is 9.59 Å². The molecule has 0 spiro atoms. The van der Waals surface area contributed by atoms with Gasteiger partial charge in [-0.15, -0.1) is 0 Å². The first-order chi connectivity index (χ1) is 22.6. The average molecular weight is 705 g/mol. The lowest BCUT2D eigenvalue weighted by Gasteiger charge is -2.46. The fourth-order valence-corrected chi connectivity index (χ4v) is 8.85. The van der Waals surface area contributed by atoms with Crippen molar-refractivity contribution >= 4 is 25.5 Å². The van der Waals surface area contributed by atoms with Crippen molar-refractivity contribution < 1.29 is 37.7 Å². The molecule has 49 heavy (non-hydrogen) atoms. The highest BCUT2D eigenvalue weighted by Gasteiger charge is 2.59. The van der Waals surface area contributed by atoms with Crippen LogP contribution in [-0.2, 0) is 41.7 Å². The lowest BCUT2D eigenvalue weighted by Crippen LogP contribution is -2.56. The number of rotatable bonds is 11. The molecule has 274 valence electrons. The van der Waals surface area contributed by atoms with E-state index in [1.54, 1.807) is 75.6 Å². The second-order valence-corrected chi connectivity index (χ2v) is 18.6. The highest BCUT2D eigenvalue weighted by Crippen LogP contribution is 2.64. The number of hydrogen-bond donors (Lipinski definition) is 0. The number of carbonyl (C=O) groups is 3. The zero-order valence-electron chi connectivity index (χ0n) is 31.3. The Morgan fingerprint density at radius 2 is 1.51 bits per heavy atom. The second kappa shape index (κ2) is 15.8. The molecule has 0 saturated carbocycles. The van der Waals surface area contributed by atoms with Crippen molar-refractivity contribution in [3.05, 3.63) is 42.4 Å². The summed E-state index contributed by atoms with van der Waals surface area (Å²) >= 11 is 0. The maximum atomic E-state index is 14.8. The van der Waals surface area contributed by atoms with Crippen molar-refractivity contribution in [1.82, 2.24) is 19.4 Å². The van der Waals surface area contributed by atoms with Crippen LogP contribution >= 0.6 is 7.37 Å². The molecule has 0 N–H and O–H groups in total. The molecule has 1 saturated heterocycles. The number of unbranched alkanes of at least 4 members (excludes halogenated alkanes) is 1. The molecule has 2 amide bonds. The first-order valence-electron chi connectivity index (χ1n) is 17.1. The lowest BCUT2D eigenvalue weighted by atomic mass is 9.97. The van der Waals surface area contributed by atoms with Crippen LogP contribution in [0.3, 0.4) is 0 Å². The number of aromatic nitrogens is 2. The van der Waals surface area contributed by atoms with E-state index >= 15 is 0 Å². The molecule has 13 heteroatoms. The topological polar surface area (TPSA) is 130 Å². The lowest BCUT2D eigenvalue weighted by molar-refractivity contribution is -0.160. The molecule has 2 atom stereocenters. The molecule has 12 nitrogen and oxygen atoms in total. The van der Waals surface area contributed by atoms with Gasteiger partial charge in [-0.3, -0.25) is 14.3 Å². The Morgan fingerprint density at radius 3 is 2.04 bits per heavy atom. The van der Waals surface area contributed by atoms with Gasteiger partial charge in [0.25, 0.3) is 0 Å². The molecule has 2 heterocycles. The molecule has 3 rings (SSSR count). The second-order valence-electron chi connectivity index (χ2n) is 15.7. The van der Waals surface area contributed by atoms with Crippen molar-refractivity contribution in [3.63, 3.8) is 0 Å². The van der Waals surface area contributed by atoms with Crippen LogP contribution in [-0.4, -0.2) is 91.9 Å². The molecule has 0 bridgehead atoms. The van der Waals surface area contributed by atoms with Gasteiger partial charge in [0.2, 0.25) is 7.37 Å². The SMILES string of the molecule is CCOP1(=O)CCN(Cc2ccccc2-c2cncn2C)CC1(CCCCN(C(=O)OC(C)(C)C)C(=O)OC(C)(C)C)C(=O)OC(C)(C)C. The van der Waals surface area contributed by atoms with Crippen molar-refractivity contribution in [2.75, 3.05) is 32.4 Å². The minimum atomic E-state index is -3.59. The summed E-state index contributed by atoms with van der Waals surface area (Å²) in [6, 6.07) is 8.06. The van der Waals surface area contributed by atoms with E-state index in [1.807, 2.05) is 36.0 Å². The van der Waals surface area contributed by atoms with Crippen LogP contribution in [0.25, 0.3) is 11.3 Å². The van der Waals surface area contributed by atoms with Gasteiger partial charge in [-0.1, -0.05) is 24.3 Å². The average Bonchev–Trinajstić information content (AvgIpc) is 3.37. The van der Waals surface area contributed by atoms with Gasteiger partial charge in [0, 0.05) is 45.0 Å². The number of amides is 2. The fraction of sp³-hybridized carbons (Fsp3) is 0.667. The summed E-state index contributed by atoms with van der Waals surface area (Å²) in [6.07, 6.45) is 2.92. The third-order valence-electron chi connectivity index (χ3n) is 7.92. The zero-order valence-corrected chi connectivity index (χ0v) is 32.2. The largest absolute Gasteiger partial charge is 0.459 e. The van der Waals surface area contributed by atoms with Crippen LogP contribution < -0.4 is 0 Å². The highest BCUT2D eigenvalue weighted by atomic mass is 31.2. The quantitative estimate of drug-likeness (QED) is 0.0996. The molecular formula is C36H57N4O8P. The van der Waals surface area contributed by atoms with E-state index in [4.69, 9.17) is 18.7 Å². The Kier molecular flexibility index (Phi) is 12.9. The molecule has 0 radical (unpaired) electrons. The number of nitrogens with zero attached hydrogens (tertiary/aromatic N) is 4. The molecule has 2 unspecified atom stereocenters. The van der Waals surface area contributed by atoms with E-state index in [2.05, 4.69) is 16.0 Å². The molecule has 1 aromatic heterocycles. The van der Waals surface area contributed by atoms with Crippen molar-refractivity contribution in [1.29, 1.82) is 0 Å². The third-order valence-corrected chi connectivity index (χ3v) is 11.2. The Bertz CT molecular complexity index is 1480. The van der Waals surface area contributed by atoms with Gasteiger partial charge < -0.3 is 23.3 Å². The van der Waals surface area contributed by atoms with Crippen LogP contribution in [0.2, 0.25) is 0 Å². The summed E-state index contributed by atoms with van der Waals surface area (Å²) in [7, 11) is -1.65. The Morgan fingerprint density at radius 1 is 0.918 bits per heavy atom. The summed E-state index contributed by atoms with van der Waals surface area (Å²) in [5.41, 5.74) is 0.535. The molecule has 1 aliphatic rings. The van der Waals surface area contributed by atoms with Crippen LogP contribution in [0.5, 0.6) is 0 Å². The minimum Gasteiger partial charge on any atom is -0.459 e. The third kappa shape index (κ3) is 10.9. The maximum Gasteiger partial charge on any atom is 0.419 e. The highest BCUT2D eigenvalue weighted by molar-refractivity contribution is 7.62. The number of hydrogen-bond acceptors (Lipinski definition) is 10. The molecular weight excluding hydrogens is 647 g/mol. The van der Waals surface area contributed by atoms with Gasteiger partial charge in [-0.2, -0.15) is 0 Å². The van der Waals surface area contributed by atoms with E-state index in [0.29, 0.717) is 25.9 Å². The van der Waals surface area contributed by atoms with Gasteiger partial charge in [0.1, 0.15) is 16.8 Å². The molecule has 1 aliphatic heterocycles. The summed E-state index contributed by atoms with van der Waals surface area (Å²) in [6.45, 7) is 18.7. The Balaban J connectivity index is 1.94. The Hall–Kier alpha value is -3.21. The van der Waals surface area contributed by atoms with Gasteiger partial charge >= 0.3 is 18.2 Å². The smallest absolute Gasteiger partial charge is 0.419 e. The summed E-state index contributed by atoms with van der Waals surface area (Å²) in [4.78, 5) is 47.9. The number of imide groups is 1. The van der Waals surface area contributed by atoms with E-state index in [-0.39, 0.29) is 32.3 Å². The van der Waals surface area contributed by atoms with E-state index in [9.17, 15) is 18.9 Å². The van der Waals surface area contributed by atoms with Gasteiger partial charge in [0.15, 0.2) is 5.16 Å². The predicted octanol–water partition coefficient (Wildman–Crippen LogP) is 7.64. The van der Waals surface area contributed by atoms with E-state index in [0.717, 1.165) is 21.7 Å². The number of imidazole rings is 1. The first-order valence-corrected chi connectivity index (χ1v) is 18.9. The number of aryl methyl sites for hydroxylation is 1. The molecule has 1 fully saturated rings. The van der Waals surface area contributed by atoms with Crippen molar-refractivity contribution in [2.45, 2.75) is 117 Å².